The summed E-state index contributed by atoms with van der Waals surface area (Å²) >= 11 is 1.35. The third kappa shape index (κ3) is 4.20. The highest BCUT2D eigenvalue weighted by atomic mass is 127. The molecule has 0 spiro atoms. The van der Waals surface area contributed by atoms with Crippen molar-refractivity contribution in [3.8, 4) is 0 Å². The maximum Gasteiger partial charge on any atom is 0.196 e. The Morgan fingerprint density at radius 2 is 1.75 bits per heavy atom. The van der Waals surface area contributed by atoms with Gasteiger partial charge in [-0.2, -0.15) is 4.39 Å². The van der Waals surface area contributed by atoms with E-state index < -0.39 is 9.66 Å². The van der Waals surface area contributed by atoms with Crippen molar-refractivity contribution in [1.29, 1.82) is 0 Å². The maximum absolute atomic E-state index is 13.2. The van der Waals surface area contributed by atoms with Gasteiger partial charge in [0, 0.05) is 5.56 Å². The van der Waals surface area contributed by atoms with E-state index in [0.29, 0.717) is 5.56 Å². The molecule has 3 heteroatoms. The number of benzene rings is 1. The summed E-state index contributed by atoms with van der Waals surface area (Å²) in [5.74, 6) is -0.777. The fraction of sp³-hybridized carbons (Fsp3) is 0.385. The summed E-state index contributed by atoms with van der Waals surface area (Å²) in [4.78, 5) is 0. The molecule has 1 aromatic carbocycles. The van der Waals surface area contributed by atoms with E-state index in [9.17, 15) is 8.78 Å². The number of hydrogen-bond donors (Lipinski definition) is 0. The molecule has 0 radical (unpaired) electrons. The monoisotopic (exact) mass is 336 g/mol. The molecule has 0 nitrogen and oxygen atoms in total. The predicted molar refractivity (Wildman–Crippen MR) is 72.8 cm³/mol. The van der Waals surface area contributed by atoms with Crippen LogP contribution in [0.4, 0.5) is 8.78 Å². The molecule has 16 heavy (non-hydrogen) atoms. The molecular weight excluding hydrogens is 321 g/mol. The summed E-state index contributed by atoms with van der Waals surface area (Å²) in [6.07, 6.45) is 4.55. The van der Waals surface area contributed by atoms with Crippen molar-refractivity contribution in [2.45, 2.75) is 32.6 Å². The molecule has 88 valence electrons. The van der Waals surface area contributed by atoms with Crippen LogP contribution in [0.2, 0.25) is 0 Å². The van der Waals surface area contributed by atoms with Gasteiger partial charge in [0.05, 0.1) is 0 Å². The summed E-state index contributed by atoms with van der Waals surface area (Å²) in [5, 5.41) is 0. The van der Waals surface area contributed by atoms with Gasteiger partial charge in [-0.1, -0.05) is 44.0 Å². The van der Waals surface area contributed by atoms with Crippen LogP contribution in [0.1, 0.15) is 37.3 Å². The van der Waals surface area contributed by atoms with E-state index in [1.54, 1.807) is 12.1 Å². The summed E-state index contributed by atoms with van der Waals surface area (Å²) in [6, 6.07) is 7.00. The second-order valence-electron chi connectivity index (χ2n) is 3.73. The Hall–Kier alpha value is -0.450. The predicted octanol–water partition coefficient (Wildman–Crippen LogP) is 5.42. The highest BCUT2D eigenvalue weighted by Crippen LogP contribution is 2.25. The Balaban J connectivity index is 2.65. The van der Waals surface area contributed by atoms with Crippen LogP contribution in [0, 0.1) is 0 Å². The second-order valence-corrected chi connectivity index (χ2v) is 4.68. The molecule has 0 saturated carbocycles. The lowest BCUT2D eigenvalue weighted by Crippen LogP contribution is -1.86. The van der Waals surface area contributed by atoms with Crippen LogP contribution < -0.4 is 0 Å². The van der Waals surface area contributed by atoms with Gasteiger partial charge in [-0.3, -0.25) is 0 Å². The van der Waals surface area contributed by atoms with Gasteiger partial charge in [-0.05, 0) is 41.0 Å². The molecule has 0 N–H and O–H groups in total. The minimum Gasteiger partial charge on any atom is -0.203 e. The lowest BCUT2D eigenvalue weighted by molar-refractivity contribution is 0.663. The highest BCUT2D eigenvalue weighted by Gasteiger charge is 2.05. The van der Waals surface area contributed by atoms with Gasteiger partial charge in [0.1, 0.15) is 0 Å². The summed E-state index contributed by atoms with van der Waals surface area (Å²) in [7, 11) is 0. The molecule has 0 aromatic heterocycles. The number of aryl methyl sites for hydroxylation is 1. The largest absolute Gasteiger partial charge is 0.203 e. The number of halogens is 3. The van der Waals surface area contributed by atoms with Crippen LogP contribution in [0.5, 0.6) is 0 Å². The molecule has 0 saturated heterocycles. The van der Waals surface area contributed by atoms with E-state index in [1.165, 1.54) is 41.0 Å². The van der Waals surface area contributed by atoms with Crippen molar-refractivity contribution in [2.24, 2.45) is 0 Å². The number of unbranched alkanes of at least 4 members (excludes halogenated alkanes) is 2. The van der Waals surface area contributed by atoms with Gasteiger partial charge in [0.15, 0.2) is 9.66 Å². The molecule has 0 atom stereocenters. The van der Waals surface area contributed by atoms with Crippen LogP contribution in [0.25, 0.3) is 5.83 Å². The SMILES string of the molecule is CCCCCc1ccc(/C(F)=C(\F)I)cc1. The Labute approximate surface area is 109 Å². The first kappa shape index (κ1) is 13.6. The zero-order valence-electron chi connectivity index (χ0n) is 9.27. The van der Waals surface area contributed by atoms with E-state index >= 15 is 0 Å². The van der Waals surface area contributed by atoms with Crippen molar-refractivity contribution >= 4 is 28.4 Å². The maximum atomic E-state index is 13.2. The molecule has 0 aliphatic rings. The lowest BCUT2D eigenvalue weighted by atomic mass is 10.1. The van der Waals surface area contributed by atoms with E-state index in [-0.39, 0.29) is 0 Å². The van der Waals surface area contributed by atoms with Gasteiger partial charge in [0.2, 0.25) is 0 Å². The molecular formula is C13H15F2I. The average Bonchev–Trinajstić information content (AvgIpc) is 2.29. The Kier molecular flexibility index (Phi) is 5.95. The lowest BCUT2D eigenvalue weighted by Gasteiger charge is -2.02. The summed E-state index contributed by atoms with van der Waals surface area (Å²) in [6.45, 7) is 2.16. The Morgan fingerprint density at radius 1 is 1.12 bits per heavy atom. The Morgan fingerprint density at radius 3 is 2.25 bits per heavy atom. The first-order valence-electron chi connectivity index (χ1n) is 5.45. The van der Waals surface area contributed by atoms with Crippen LogP contribution in [0.3, 0.4) is 0 Å². The first-order chi connectivity index (χ1) is 7.65. The molecule has 0 heterocycles. The highest BCUT2D eigenvalue weighted by molar-refractivity contribution is 14.1. The number of hydrogen-bond acceptors (Lipinski definition) is 0. The van der Waals surface area contributed by atoms with Gasteiger partial charge in [-0.15, -0.1) is 0 Å². The summed E-state index contributed by atoms with van der Waals surface area (Å²) < 4.78 is 25.0. The fourth-order valence-electron chi connectivity index (χ4n) is 1.51. The van der Waals surface area contributed by atoms with E-state index in [2.05, 4.69) is 6.92 Å². The first-order valence-corrected chi connectivity index (χ1v) is 6.53. The molecule has 0 fully saturated rings. The van der Waals surface area contributed by atoms with Crippen LogP contribution in [0.15, 0.2) is 28.1 Å². The average molecular weight is 336 g/mol. The minimum atomic E-state index is -0.795. The third-order valence-corrected chi connectivity index (χ3v) is 2.92. The topological polar surface area (TPSA) is 0 Å². The molecule has 0 unspecified atom stereocenters. The van der Waals surface area contributed by atoms with Crippen molar-refractivity contribution in [3.05, 3.63) is 39.2 Å². The van der Waals surface area contributed by atoms with Crippen molar-refractivity contribution in [2.75, 3.05) is 0 Å². The van der Waals surface area contributed by atoms with Gasteiger partial charge < -0.3 is 0 Å². The van der Waals surface area contributed by atoms with Crippen molar-refractivity contribution in [3.63, 3.8) is 0 Å². The van der Waals surface area contributed by atoms with Crippen LogP contribution in [-0.4, -0.2) is 0 Å². The minimum absolute atomic E-state index is 0.311. The van der Waals surface area contributed by atoms with Crippen molar-refractivity contribution in [1.82, 2.24) is 0 Å². The van der Waals surface area contributed by atoms with Crippen molar-refractivity contribution < 1.29 is 8.78 Å². The zero-order chi connectivity index (χ0) is 12.0. The van der Waals surface area contributed by atoms with Gasteiger partial charge in [0.25, 0.3) is 0 Å². The Bertz CT molecular complexity index is 351. The quantitative estimate of drug-likeness (QED) is 0.498. The standard InChI is InChI=1S/C13H15F2I/c1-2-3-4-5-10-6-8-11(9-7-10)12(14)13(15)16/h6-9H,2-5H2,1H3/b13-12-. The van der Waals surface area contributed by atoms with E-state index in [4.69, 9.17) is 0 Å². The molecule has 1 rings (SSSR count). The third-order valence-electron chi connectivity index (χ3n) is 2.44. The second kappa shape index (κ2) is 6.99. The van der Waals surface area contributed by atoms with Gasteiger partial charge in [-0.25, -0.2) is 4.39 Å². The molecule has 0 aliphatic heterocycles. The van der Waals surface area contributed by atoms with Gasteiger partial charge >= 0.3 is 0 Å². The molecule has 1 aromatic rings. The normalized spacial score (nSPS) is 12.5. The van der Waals surface area contributed by atoms with Crippen LogP contribution in [-0.2, 0) is 6.42 Å². The van der Waals surface area contributed by atoms with E-state index in [1.807, 2.05) is 12.1 Å². The fourth-order valence-corrected chi connectivity index (χ4v) is 1.82. The molecule has 0 aliphatic carbocycles. The molecule has 0 bridgehead atoms. The zero-order valence-corrected chi connectivity index (χ0v) is 11.4. The summed E-state index contributed by atoms with van der Waals surface area (Å²) in [5.41, 5.74) is 1.49. The smallest absolute Gasteiger partial charge is 0.196 e. The number of rotatable bonds is 5. The molecule has 0 amide bonds. The van der Waals surface area contributed by atoms with E-state index in [0.717, 1.165) is 12.8 Å². The van der Waals surface area contributed by atoms with Crippen LogP contribution >= 0.6 is 22.6 Å².